The van der Waals surface area contributed by atoms with E-state index in [9.17, 15) is 9.90 Å². The normalized spacial score (nSPS) is 14.8. The van der Waals surface area contributed by atoms with Gasteiger partial charge < -0.3 is 19.5 Å². The number of ether oxygens (including phenoxy) is 2. The number of rotatable bonds is 8. The second-order valence-corrected chi connectivity index (χ2v) is 6.98. The third kappa shape index (κ3) is 6.77. The molecule has 1 N–H and O–H groups in total. The van der Waals surface area contributed by atoms with Crippen LogP contribution in [0, 0.1) is 0 Å². The number of carbonyl (C=O) groups is 1. The molecule has 6 nitrogen and oxygen atoms in total. The highest BCUT2D eigenvalue weighted by Gasteiger charge is 2.21. The van der Waals surface area contributed by atoms with Crippen LogP contribution in [0.4, 0.5) is 5.69 Å². The monoisotopic (exact) mass is 456 g/mol. The SMILES string of the molecule is COc1ccccc1N1CCN(CC(O)COc2ccccc2C(C)=O)CC1.Cl.Cl. The molecule has 0 spiro atoms. The highest BCUT2D eigenvalue weighted by atomic mass is 35.5. The predicted octanol–water partition coefficient (Wildman–Crippen LogP) is 3.30. The van der Waals surface area contributed by atoms with Gasteiger partial charge in [0.1, 0.15) is 24.2 Å². The Morgan fingerprint density at radius 3 is 2.23 bits per heavy atom. The first-order chi connectivity index (χ1) is 13.6. The van der Waals surface area contributed by atoms with Crippen molar-refractivity contribution in [3.8, 4) is 11.5 Å². The minimum atomic E-state index is -0.613. The summed E-state index contributed by atoms with van der Waals surface area (Å²) in [7, 11) is 1.69. The average molecular weight is 457 g/mol. The molecule has 1 fully saturated rings. The highest BCUT2D eigenvalue weighted by Crippen LogP contribution is 2.28. The number of anilines is 1. The lowest BCUT2D eigenvalue weighted by Crippen LogP contribution is -2.49. The molecule has 8 heteroatoms. The van der Waals surface area contributed by atoms with E-state index in [4.69, 9.17) is 9.47 Å². The van der Waals surface area contributed by atoms with Crippen molar-refractivity contribution < 1.29 is 19.4 Å². The van der Waals surface area contributed by atoms with Crippen molar-refractivity contribution in [1.82, 2.24) is 4.90 Å². The number of ketones is 1. The van der Waals surface area contributed by atoms with E-state index in [0.717, 1.165) is 37.6 Å². The van der Waals surface area contributed by atoms with Crippen molar-refractivity contribution in [3.05, 3.63) is 54.1 Å². The Labute approximate surface area is 190 Å². The van der Waals surface area contributed by atoms with Crippen molar-refractivity contribution in [1.29, 1.82) is 0 Å². The molecule has 1 aliphatic rings. The van der Waals surface area contributed by atoms with Crippen LogP contribution in [0.3, 0.4) is 0 Å². The number of benzene rings is 2. The topological polar surface area (TPSA) is 62.2 Å². The first kappa shape index (κ1) is 26.0. The number of halogens is 2. The molecule has 1 atom stereocenters. The molecule has 166 valence electrons. The number of β-amino-alcohol motifs (C(OH)–C–C–N with tert-alkyl or cyclic N) is 1. The number of hydrogen-bond donors (Lipinski definition) is 1. The fraction of sp³-hybridized carbons (Fsp3) is 0.409. The van der Waals surface area contributed by atoms with E-state index in [1.54, 1.807) is 25.3 Å². The Bertz CT molecular complexity index is 798. The summed E-state index contributed by atoms with van der Waals surface area (Å²) in [6.45, 7) is 5.69. The van der Waals surface area contributed by atoms with Gasteiger partial charge in [-0.15, -0.1) is 24.8 Å². The molecule has 30 heavy (non-hydrogen) atoms. The Morgan fingerprint density at radius 1 is 1.00 bits per heavy atom. The van der Waals surface area contributed by atoms with E-state index in [2.05, 4.69) is 15.9 Å². The Kier molecular flexibility index (Phi) is 11.0. The summed E-state index contributed by atoms with van der Waals surface area (Å²) in [4.78, 5) is 16.2. The molecular weight excluding hydrogens is 427 g/mol. The number of Topliss-reactive ketones (excluding diaryl/α,β-unsaturated/α-hetero) is 1. The van der Waals surface area contributed by atoms with Crippen LogP contribution >= 0.6 is 24.8 Å². The summed E-state index contributed by atoms with van der Waals surface area (Å²) >= 11 is 0. The van der Waals surface area contributed by atoms with Gasteiger partial charge in [-0.05, 0) is 31.2 Å². The molecule has 1 heterocycles. The molecule has 2 aromatic carbocycles. The Hall–Kier alpha value is -1.99. The van der Waals surface area contributed by atoms with E-state index >= 15 is 0 Å². The van der Waals surface area contributed by atoms with Gasteiger partial charge in [-0.25, -0.2) is 0 Å². The van der Waals surface area contributed by atoms with Gasteiger partial charge in [0.15, 0.2) is 5.78 Å². The van der Waals surface area contributed by atoms with E-state index in [1.807, 2.05) is 24.3 Å². The molecule has 0 bridgehead atoms. The fourth-order valence-electron chi connectivity index (χ4n) is 3.48. The molecule has 1 saturated heterocycles. The third-order valence-electron chi connectivity index (χ3n) is 4.96. The van der Waals surface area contributed by atoms with Crippen LogP contribution in [0.5, 0.6) is 11.5 Å². The molecule has 0 aromatic heterocycles. The molecule has 2 aromatic rings. The number of piperazine rings is 1. The quantitative estimate of drug-likeness (QED) is 0.614. The van der Waals surface area contributed by atoms with Crippen molar-refractivity contribution >= 4 is 36.3 Å². The fourth-order valence-corrected chi connectivity index (χ4v) is 3.48. The number of aliphatic hydroxyl groups excluding tert-OH is 1. The molecular formula is C22H30Cl2N2O4. The van der Waals surface area contributed by atoms with Gasteiger partial charge in [-0.2, -0.15) is 0 Å². The Morgan fingerprint density at radius 2 is 1.60 bits per heavy atom. The van der Waals surface area contributed by atoms with Crippen LogP contribution in [-0.4, -0.2) is 68.3 Å². The lowest BCUT2D eigenvalue weighted by Gasteiger charge is -2.37. The maximum absolute atomic E-state index is 11.7. The van der Waals surface area contributed by atoms with E-state index < -0.39 is 6.10 Å². The zero-order valence-electron chi connectivity index (χ0n) is 17.3. The summed E-state index contributed by atoms with van der Waals surface area (Å²) in [5.41, 5.74) is 1.65. The first-order valence-electron chi connectivity index (χ1n) is 9.59. The minimum Gasteiger partial charge on any atom is -0.495 e. The number of aliphatic hydroxyl groups is 1. The van der Waals surface area contributed by atoms with Crippen LogP contribution in [0.15, 0.2) is 48.5 Å². The van der Waals surface area contributed by atoms with Crippen molar-refractivity contribution in [2.45, 2.75) is 13.0 Å². The second kappa shape index (κ2) is 12.6. The Balaban J connectivity index is 0.00000225. The van der Waals surface area contributed by atoms with Gasteiger partial charge >= 0.3 is 0 Å². The zero-order chi connectivity index (χ0) is 19.9. The number of carbonyl (C=O) groups excluding carboxylic acids is 1. The minimum absolute atomic E-state index is 0. The second-order valence-electron chi connectivity index (χ2n) is 6.98. The van der Waals surface area contributed by atoms with Crippen LogP contribution in [0.2, 0.25) is 0 Å². The highest BCUT2D eigenvalue weighted by molar-refractivity contribution is 5.96. The smallest absolute Gasteiger partial charge is 0.163 e. The van der Waals surface area contributed by atoms with Crippen LogP contribution < -0.4 is 14.4 Å². The summed E-state index contributed by atoms with van der Waals surface area (Å²) in [6.07, 6.45) is -0.613. The third-order valence-corrected chi connectivity index (χ3v) is 4.96. The lowest BCUT2D eigenvalue weighted by atomic mass is 10.1. The van der Waals surface area contributed by atoms with Gasteiger partial charge in [0.25, 0.3) is 0 Å². The van der Waals surface area contributed by atoms with Gasteiger partial charge in [0.05, 0.1) is 18.4 Å². The lowest BCUT2D eigenvalue weighted by molar-refractivity contribution is 0.0656. The summed E-state index contributed by atoms with van der Waals surface area (Å²) in [5, 5.41) is 10.4. The molecule has 0 aliphatic carbocycles. The number of nitrogens with zero attached hydrogens (tertiary/aromatic N) is 2. The predicted molar refractivity (Wildman–Crippen MR) is 124 cm³/mol. The zero-order valence-corrected chi connectivity index (χ0v) is 19.0. The maximum Gasteiger partial charge on any atom is 0.163 e. The van der Waals surface area contributed by atoms with Crippen molar-refractivity contribution in [2.24, 2.45) is 0 Å². The molecule has 3 rings (SSSR count). The molecule has 0 amide bonds. The first-order valence-corrected chi connectivity index (χ1v) is 9.59. The molecule has 1 unspecified atom stereocenters. The van der Waals surface area contributed by atoms with Gasteiger partial charge in [-0.1, -0.05) is 24.3 Å². The van der Waals surface area contributed by atoms with E-state index in [1.165, 1.54) is 6.92 Å². The van der Waals surface area contributed by atoms with E-state index in [-0.39, 0.29) is 37.2 Å². The van der Waals surface area contributed by atoms with Gasteiger partial charge in [0, 0.05) is 32.7 Å². The number of para-hydroxylation sites is 3. The van der Waals surface area contributed by atoms with Crippen LogP contribution in [-0.2, 0) is 0 Å². The maximum atomic E-state index is 11.7. The average Bonchev–Trinajstić information content (AvgIpc) is 2.73. The molecule has 0 saturated carbocycles. The van der Waals surface area contributed by atoms with Gasteiger partial charge in [-0.3, -0.25) is 9.69 Å². The van der Waals surface area contributed by atoms with Crippen LogP contribution in [0.1, 0.15) is 17.3 Å². The largest absolute Gasteiger partial charge is 0.495 e. The number of hydrogen-bond acceptors (Lipinski definition) is 6. The summed E-state index contributed by atoms with van der Waals surface area (Å²) in [6, 6.07) is 15.2. The van der Waals surface area contributed by atoms with Crippen molar-refractivity contribution in [3.63, 3.8) is 0 Å². The van der Waals surface area contributed by atoms with Crippen LogP contribution in [0.25, 0.3) is 0 Å². The standard InChI is InChI=1S/C22H28N2O4.2ClH/c1-17(25)19-7-3-5-9-21(19)28-16-18(26)15-23-11-13-24(14-12-23)20-8-4-6-10-22(20)27-2;;/h3-10,18,26H,11-16H2,1-2H3;2*1H. The molecule has 0 radical (unpaired) electrons. The number of methoxy groups -OCH3 is 1. The van der Waals surface area contributed by atoms with Crippen molar-refractivity contribution in [2.75, 3.05) is 51.3 Å². The summed E-state index contributed by atoms with van der Waals surface area (Å²) < 4.78 is 11.2. The van der Waals surface area contributed by atoms with E-state index in [0.29, 0.717) is 17.9 Å². The summed E-state index contributed by atoms with van der Waals surface area (Å²) in [5.74, 6) is 1.36. The van der Waals surface area contributed by atoms with Gasteiger partial charge in [0.2, 0.25) is 0 Å². The molecule has 1 aliphatic heterocycles.